The van der Waals surface area contributed by atoms with Gasteiger partial charge in [0.1, 0.15) is 18.2 Å². The zero-order chi connectivity index (χ0) is 14.9. The van der Waals surface area contributed by atoms with Crippen LogP contribution in [0.1, 0.15) is 30.2 Å². The quantitative estimate of drug-likeness (QED) is 0.659. The Hall–Kier alpha value is -1.79. The zero-order valence-electron chi connectivity index (χ0n) is 11.2. The van der Waals surface area contributed by atoms with Crippen LogP contribution in [0.15, 0.2) is 6.07 Å². The fourth-order valence-corrected chi connectivity index (χ4v) is 2.45. The Balaban J connectivity index is 2.45. The standard InChI is InChI=1S/C13H17F3N4/c1-2-20(7-13(14,15)16)12-9(11(17)18)6-8-4-3-5-10(8)19-12/h6H,2-5,7H2,1H3,(H3,17,18). The van der Waals surface area contributed by atoms with Gasteiger partial charge in [-0.3, -0.25) is 5.41 Å². The van der Waals surface area contributed by atoms with E-state index in [4.69, 9.17) is 11.1 Å². The van der Waals surface area contributed by atoms with E-state index in [1.54, 1.807) is 13.0 Å². The number of aromatic nitrogens is 1. The number of hydrogen-bond donors (Lipinski definition) is 2. The van der Waals surface area contributed by atoms with Crippen molar-refractivity contribution in [3.8, 4) is 0 Å². The highest BCUT2D eigenvalue weighted by molar-refractivity contribution is 6.00. The maximum absolute atomic E-state index is 12.6. The summed E-state index contributed by atoms with van der Waals surface area (Å²) in [5.41, 5.74) is 7.60. The number of halogens is 3. The molecular weight excluding hydrogens is 269 g/mol. The van der Waals surface area contributed by atoms with Gasteiger partial charge in [-0.05, 0) is 37.8 Å². The minimum absolute atomic E-state index is 0.158. The highest BCUT2D eigenvalue weighted by Crippen LogP contribution is 2.29. The van der Waals surface area contributed by atoms with Crippen LogP contribution in [0.3, 0.4) is 0 Å². The summed E-state index contributed by atoms with van der Waals surface area (Å²) in [5, 5.41) is 7.57. The molecule has 0 spiro atoms. The maximum atomic E-state index is 12.6. The van der Waals surface area contributed by atoms with Crippen LogP contribution in [0.25, 0.3) is 0 Å². The number of nitrogens with zero attached hydrogens (tertiary/aromatic N) is 2. The molecule has 0 aliphatic heterocycles. The first-order valence-corrected chi connectivity index (χ1v) is 6.50. The largest absolute Gasteiger partial charge is 0.405 e. The first-order valence-electron chi connectivity index (χ1n) is 6.50. The van der Waals surface area contributed by atoms with Gasteiger partial charge in [0.05, 0.1) is 5.56 Å². The molecule has 1 aromatic heterocycles. The van der Waals surface area contributed by atoms with E-state index in [-0.39, 0.29) is 23.8 Å². The zero-order valence-corrected chi connectivity index (χ0v) is 11.2. The molecule has 0 aromatic carbocycles. The number of alkyl halides is 3. The SMILES string of the molecule is CCN(CC(F)(F)F)c1nc2c(cc1C(=N)N)CCC2. The molecule has 0 unspecified atom stereocenters. The monoisotopic (exact) mass is 286 g/mol. The van der Waals surface area contributed by atoms with Gasteiger partial charge in [-0.15, -0.1) is 0 Å². The lowest BCUT2D eigenvalue weighted by atomic mass is 10.1. The molecule has 0 fully saturated rings. The van der Waals surface area contributed by atoms with Crippen LogP contribution >= 0.6 is 0 Å². The van der Waals surface area contributed by atoms with Gasteiger partial charge in [0.2, 0.25) is 0 Å². The second kappa shape index (κ2) is 5.30. The molecule has 0 radical (unpaired) electrons. The van der Waals surface area contributed by atoms with Crippen molar-refractivity contribution in [1.82, 2.24) is 4.98 Å². The maximum Gasteiger partial charge on any atom is 0.405 e. The van der Waals surface area contributed by atoms with Crippen molar-refractivity contribution < 1.29 is 13.2 Å². The molecule has 0 amide bonds. The van der Waals surface area contributed by atoms with Gasteiger partial charge in [0, 0.05) is 12.2 Å². The van der Waals surface area contributed by atoms with Crippen molar-refractivity contribution in [1.29, 1.82) is 5.41 Å². The van der Waals surface area contributed by atoms with Crippen LogP contribution in [0.2, 0.25) is 0 Å². The summed E-state index contributed by atoms with van der Waals surface area (Å²) < 4.78 is 37.9. The molecule has 1 heterocycles. The molecule has 1 aliphatic carbocycles. The number of anilines is 1. The predicted molar refractivity (Wildman–Crippen MR) is 71.2 cm³/mol. The molecule has 0 atom stereocenters. The van der Waals surface area contributed by atoms with Crippen LogP contribution in [0.4, 0.5) is 19.0 Å². The molecule has 0 saturated heterocycles. The number of nitrogens with one attached hydrogen (secondary N) is 1. The third kappa shape index (κ3) is 3.02. The van der Waals surface area contributed by atoms with Crippen molar-refractivity contribution in [2.75, 3.05) is 18.0 Å². The molecule has 1 aliphatic rings. The molecular formula is C13H17F3N4. The second-order valence-electron chi connectivity index (χ2n) is 4.86. The van der Waals surface area contributed by atoms with Crippen molar-refractivity contribution in [3.63, 3.8) is 0 Å². The predicted octanol–water partition coefficient (Wildman–Crippen LogP) is 2.24. The van der Waals surface area contributed by atoms with Gasteiger partial charge in [-0.2, -0.15) is 13.2 Å². The Bertz CT molecular complexity index is 525. The fourth-order valence-electron chi connectivity index (χ4n) is 2.45. The summed E-state index contributed by atoms with van der Waals surface area (Å²) in [6.07, 6.45) is -1.77. The van der Waals surface area contributed by atoms with Crippen molar-refractivity contribution in [2.45, 2.75) is 32.4 Å². The molecule has 0 bridgehead atoms. The topological polar surface area (TPSA) is 66.0 Å². The van der Waals surface area contributed by atoms with Gasteiger partial charge in [0.15, 0.2) is 0 Å². The minimum atomic E-state index is -4.31. The molecule has 20 heavy (non-hydrogen) atoms. The molecule has 110 valence electrons. The Labute approximate surface area is 115 Å². The van der Waals surface area contributed by atoms with Crippen LogP contribution < -0.4 is 10.6 Å². The molecule has 3 N–H and O–H groups in total. The summed E-state index contributed by atoms with van der Waals surface area (Å²) >= 11 is 0. The average molecular weight is 286 g/mol. The molecule has 7 heteroatoms. The lowest BCUT2D eigenvalue weighted by molar-refractivity contribution is -0.119. The number of aryl methyl sites for hydroxylation is 2. The summed E-state index contributed by atoms with van der Waals surface area (Å²) in [4.78, 5) is 5.46. The lowest BCUT2D eigenvalue weighted by Gasteiger charge is -2.26. The third-order valence-electron chi connectivity index (χ3n) is 3.37. The highest BCUT2D eigenvalue weighted by Gasteiger charge is 2.32. The first kappa shape index (κ1) is 14.6. The van der Waals surface area contributed by atoms with Crippen LogP contribution in [-0.4, -0.2) is 30.1 Å². The van der Waals surface area contributed by atoms with E-state index in [9.17, 15) is 13.2 Å². The van der Waals surface area contributed by atoms with Gasteiger partial charge >= 0.3 is 6.18 Å². The van der Waals surface area contributed by atoms with Gasteiger partial charge < -0.3 is 10.6 Å². The number of nitrogen functional groups attached to an aromatic ring is 1. The average Bonchev–Trinajstić information content (AvgIpc) is 2.80. The van der Waals surface area contributed by atoms with Crippen LogP contribution in [0.5, 0.6) is 0 Å². The minimum Gasteiger partial charge on any atom is -0.384 e. The fraction of sp³-hybridized carbons (Fsp3) is 0.538. The third-order valence-corrected chi connectivity index (χ3v) is 3.37. The van der Waals surface area contributed by atoms with Crippen molar-refractivity contribution >= 4 is 11.7 Å². The van der Waals surface area contributed by atoms with E-state index < -0.39 is 12.7 Å². The normalized spacial score (nSPS) is 14.2. The Morgan fingerprint density at radius 2 is 2.15 bits per heavy atom. The number of fused-ring (bicyclic) bond motifs is 1. The Kier molecular flexibility index (Phi) is 3.87. The van der Waals surface area contributed by atoms with E-state index >= 15 is 0 Å². The first-order chi connectivity index (χ1) is 9.31. The smallest absolute Gasteiger partial charge is 0.384 e. The summed E-state index contributed by atoms with van der Waals surface area (Å²) in [6.45, 7) is 0.700. The number of hydrogen-bond acceptors (Lipinski definition) is 3. The number of nitrogens with two attached hydrogens (primary N) is 1. The van der Waals surface area contributed by atoms with Crippen molar-refractivity contribution in [2.24, 2.45) is 5.73 Å². The highest BCUT2D eigenvalue weighted by atomic mass is 19.4. The van der Waals surface area contributed by atoms with Gasteiger partial charge in [-0.1, -0.05) is 0 Å². The Morgan fingerprint density at radius 1 is 1.45 bits per heavy atom. The lowest BCUT2D eigenvalue weighted by Crippen LogP contribution is -2.36. The van der Waals surface area contributed by atoms with Crippen LogP contribution in [-0.2, 0) is 12.8 Å². The number of amidine groups is 1. The molecule has 4 nitrogen and oxygen atoms in total. The second-order valence-corrected chi connectivity index (χ2v) is 4.86. The van der Waals surface area contributed by atoms with E-state index in [1.165, 1.54) is 0 Å². The van der Waals surface area contributed by atoms with Crippen LogP contribution in [0, 0.1) is 5.41 Å². The summed E-state index contributed by atoms with van der Waals surface area (Å²) in [5.74, 6) is -0.0826. The van der Waals surface area contributed by atoms with E-state index in [1.807, 2.05) is 0 Å². The van der Waals surface area contributed by atoms with Gasteiger partial charge in [0.25, 0.3) is 0 Å². The van der Waals surface area contributed by atoms with E-state index in [0.29, 0.717) is 0 Å². The summed E-state index contributed by atoms with van der Waals surface area (Å²) in [7, 11) is 0. The van der Waals surface area contributed by atoms with Gasteiger partial charge in [-0.25, -0.2) is 4.98 Å². The number of rotatable bonds is 4. The number of pyridine rings is 1. The molecule has 0 saturated carbocycles. The van der Waals surface area contributed by atoms with E-state index in [0.717, 1.165) is 35.4 Å². The van der Waals surface area contributed by atoms with Crippen molar-refractivity contribution in [3.05, 3.63) is 22.9 Å². The summed E-state index contributed by atoms with van der Waals surface area (Å²) in [6, 6.07) is 1.71. The molecule has 2 rings (SSSR count). The van der Waals surface area contributed by atoms with E-state index in [2.05, 4.69) is 4.98 Å². The molecule has 1 aromatic rings. The Morgan fingerprint density at radius 3 is 2.70 bits per heavy atom.